The molecular formula is C27H19N7O. The maximum Gasteiger partial charge on any atom is 0.278 e. The molecule has 0 spiro atoms. The summed E-state index contributed by atoms with van der Waals surface area (Å²) >= 11 is 0. The summed E-state index contributed by atoms with van der Waals surface area (Å²) in [5.74, 6) is -0.359. The van der Waals surface area contributed by atoms with Crippen LogP contribution in [0, 0.1) is 6.92 Å². The van der Waals surface area contributed by atoms with Gasteiger partial charge in [-0.1, -0.05) is 78.9 Å². The fraction of sp³-hybridized carbons (Fsp3) is 0.0370. The highest BCUT2D eigenvalue weighted by atomic mass is 16.2. The maximum absolute atomic E-state index is 12.9. The van der Waals surface area contributed by atoms with Gasteiger partial charge in [-0.2, -0.15) is 0 Å². The van der Waals surface area contributed by atoms with Crippen LogP contribution in [0.5, 0.6) is 0 Å². The standard InChI is InChI=1S/C27H19N7O/c1-17-23(27(35)28-20-15-9-4-10-16-20)29-32-26-22-21(18-11-5-2-6-12-18)24(19-13-7-3-8-14-19)30-31-25(22)33-34(17)26/h2-16H,1H3,(H,28,35). The van der Waals surface area contributed by atoms with Crippen molar-refractivity contribution in [2.45, 2.75) is 6.92 Å². The molecule has 0 saturated heterocycles. The van der Waals surface area contributed by atoms with Crippen molar-refractivity contribution in [3.05, 3.63) is 102 Å². The molecular weight excluding hydrogens is 438 g/mol. The molecule has 0 bridgehead atoms. The summed E-state index contributed by atoms with van der Waals surface area (Å²) in [5.41, 5.74) is 5.86. The van der Waals surface area contributed by atoms with Crippen molar-refractivity contribution >= 4 is 28.3 Å². The number of aromatic nitrogens is 6. The molecule has 8 heteroatoms. The highest BCUT2D eigenvalue weighted by molar-refractivity contribution is 6.07. The lowest BCUT2D eigenvalue weighted by Gasteiger charge is -2.10. The van der Waals surface area contributed by atoms with E-state index in [1.54, 1.807) is 11.4 Å². The van der Waals surface area contributed by atoms with Crippen LogP contribution in [0.2, 0.25) is 0 Å². The first-order valence-electron chi connectivity index (χ1n) is 11.1. The Bertz CT molecular complexity index is 1680. The molecule has 8 nitrogen and oxygen atoms in total. The monoisotopic (exact) mass is 457 g/mol. The molecule has 0 atom stereocenters. The third-order valence-corrected chi connectivity index (χ3v) is 5.84. The van der Waals surface area contributed by atoms with E-state index >= 15 is 0 Å². The molecule has 168 valence electrons. The van der Waals surface area contributed by atoms with Crippen LogP contribution in [-0.2, 0) is 0 Å². The van der Waals surface area contributed by atoms with Crippen molar-refractivity contribution in [1.82, 2.24) is 30.0 Å². The lowest BCUT2D eigenvalue weighted by Crippen LogP contribution is -2.18. The molecule has 6 rings (SSSR count). The predicted octanol–water partition coefficient (Wildman–Crippen LogP) is 4.96. The van der Waals surface area contributed by atoms with E-state index in [1.807, 2.05) is 91.0 Å². The predicted molar refractivity (Wildman–Crippen MR) is 134 cm³/mol. The van der Waals surface area contributed by atoms with Gasteiger partial charge in [-0.3, -0.25) is 4.79 Å². The number of hydrogen-bond donors (Lipinski definition) is 1. The smallest absolute Gasteiger partial charge is 0.278 e. The SMILES string of the molecule is Cc1c(C(=O)Nc2ccccc2)nnc2c3c(-c4ccccc4)c(-c4ccccc4)nnc3nn12. The van der Waals surface area contributed by atoms with Crippen LogP contribution in [0.4, 0.5) is 5.69 Å². The van der Waals surface area contributed by atoms with Crippen molar-refractivity contribution in [3.8, 4) is 22.4 Å². The topological polar surface area (TPSA) is 98.0 Å². The molecule has 3 aromatic carbocycles. The summed E-state index contributed by atoms with van der Waals surface area (Å²) in [6.45, 7) is 1.79. The molecule has 0 saturated carbocycles. The Kier molecular flexibility index (Phi) is 4.96. The number of carbonyl (C=O) groups is 1. The van der Waals surface area contributed by atoms with E-state index < -0.39 is 0 Å². The van der Waals surface area contributed by atoms with Crippen LogP contribution in [0.15, 0.2) is 91.0 Å². The van der Waals surface area contributed by atoms with Gasteiger partial charge in [0.05, 0.1) is 11.1 Å². The molecule has 35 heavy (non-hydrogen) atoms. The van der Waals surface area contributed by atoms with Crippen molar-refractivity contribution in [2.24, 2.45) is 0 Å². The fourth-order valence-electron chi connectivity index (χ4n) is 4.16. The highest BCUT2D eigenvalue weighted by Gasteiger charge is 2.23. The highest BCUT2D eigenvalue weighted by Crippen LogP contribution is 2.37. The quantitative estimate of drug-likeness (QED) is 0.402. The zero-order valence-corrected chi connectivity index (χ0v) is 18.8. The lowest BCUT2D eigenvalue weighted by atomic mass is 9.97. The van der Waals surface area contributed by atoms with Crippen LogP contribution < -0.4 is 5.32 Å². The maximum atomic E-state index is 12.9. The number of carbonyl (C=O) groups excluding carboxylic acids is 1. The van der Waals surface area contributed by atoms with E-state index in [4.69, 9.17) is 0 Å². The molecule has 0 aliphatic carbocycles. The Balaban J connectivity index is 1.57. The van der Waals surface area contributed by atoms with Crippen LogP contribution in [0.1, 0.15) is 16.2 Å². The minimum Gasteiger partial charge on any atom is -0.321 e. The van der Waals surface area contributed by atoms with Gasteiger partial charge in [0.2, 0.25) is 5.65 Å². The van der Waals surface area contributed by atoms with Crippen molar-refractivity contribution in [2.75, 3.05) is 5.32 Å². The molecule has 6 aromatic rings. The second-order valence-electron chi connectivity index (χ2n) is 8.04. The molecule has 0 fully saturated rings. The zero-order chi connectivity index (χ0) is 23.8. The third kappa shape index (κ3) is 3.57. The first-order chi connectivity index (χ1) is 17.2. The minimum atomic E-state index is -0.359. The van der Waals surface area contributed by atoms with E-state index in [1.165, 1.54) is 0 Å². The fourth-order valence-corrected chi connectivity index (χ4v) is 4.16. The first-order valence-corrected chi connectivity index (χ1v) is 11.1. The Morgan fingerprint density at radius 1 is 0.743 bits per heavy atom. The Hall–Kier alpha value is -4.98. The Morgan fingerprint density at radius 3 is 2.06 bits per heavy atom. The van der Waals surface area contributed by atoms with Crippen LogP contribution in [0.25, 0.3) is 39.1 Å². The molecule has 0 aliphatic rings. The van der Waals surface area contributed by atoms with Gasteiger partial charge in [0.15, 0.2) is 11.3 Å². The average molecular weight is 457 g/mol. The van der Waals surface area contributed by atoms with Crippen molar-refractivity contribution in [1.29, 1.82) is 0 Å². The van der Waals surface area contributed by atoms with Gasteiger partial charge >= 0.3 is 0 Å². The van der Waals surface area contributed by atoms with Gasteiger partial charge in [0.1, 0.15) is 5.69 Å². The summed E-state index contributed by atoms with van der Waals surface area (Å²) in [7, 11) is 0. The van der Waals surface area contributed by atoms with Gasteiger partial charge in [-0.25, -0.2) is 4.52 Å². The summed E-state index contributed by atoms with van der Waals surface area (Å²) in [5, 5.41) is 25.9. The van der Waals surface area contributed by atoms with E-state index in [0.717, 1.165) is 27.8 Å². The van der Waals surface area contributed by atoms with E-state index in [9.17, 15) is 4.79 Å². The lowest BCUT2D eigenvalue weighted by molar-refractivity contribution is 0.102. The normalized spacial score (nSPS) is 11.1. The number of nitrogens with zero attached hydrogens (tertiary/aromatic N) is 6. The van der Waals surface area contributed by atoms with E-state index in [0.29, 0.717) is 22.7 Å². The number of nitrogens with one attached hydrogen (secondary N) is 1. The summed E-state index contributed by atoms with van der Waals surface area (Å²) in [6.07, 6.45) is 0. The number of benzene rings is 3. The van der Waals surface area contributed by atoms with Crippen LogP contribution in [0.3, 0.4) is 0 Å². The van der Waals surface area contributed by atoms with Gasteiger partial charge in [-0.05, 0) is 24.6 Å². The number of para-hydroxylation sites is 1. The average Bonchev–Trinajstić information content (AvgIpc) is 3.29. The molecule has 3 aromatic heterocycles. The van der Waals surface area contributed by atoms with Gasteiger partial charge in [0.25, 0.3) is 5.91 Å². The van der Waals surface area contributed by atoms with E-state index in [-0.39, 0.29) is 11.6 Å². The van der Waals surface area contributed by atoms with Crippen LogP contribution >= 0.6 is 0 Å². The number of rotatable bonds is 4. The number of amides is 1. The van der Waals surface area contributed by atoms with Gasteiger partial charge in [-0.15, -0.1) is 25.5 Å². The largest absolute Gasteiger partial charge is 0.321 e. The van der Waals surface area contributed by atoms with E-state index in [2.05, 4.69) is 30.8 Å². The Morgan fingerprint density at radius 2 is 1.37 bits per heavy atom. The zero-order valence-electron chi connectivity index (χ0n) is 18.8. The van der Waals surface area contributed by atoms with Gasteiger partial charge < -0.3 is 5.32 Å². The van der Waals surface area contributed by atoms with Crippen LogP contribution in [-0.4, -0.2) is 35.9 Å². The minimum absolute atomic E-state index is 0.187. The first kappa shape index (κ1) is 20.6. The molecule has 1 N–H and O–H groups in total. The summed E-state index contributed by atoms with van der Waals surface area (Å²) in [6, 6.07) is 29.1. The summed E-state index contributed by atoms with van der Waals surface area (Å²) < 4.78 is 1.62. The second-order valence-corrected chi connectivity index (χ2v) is 8.04. The third-order valence-electron chi connectivity index (χ3n) is 5.84. The number of aryl methyl sites for hydroxylation is 1. The van der Waals surface area contributed by atoms with Gasteiger partial charge in [0, 0.05) is 16.8 Å². The summed E-state index contributed by atoms with van der Waals surface area (Å²) in [4.78, 5) is 12.9. The number of hydrogen-bond acceptors (Lipinski definition) is 6. The number of anilines is 1. The molecule has 3 heterocycles. The number of fused-ring (bicyclic) bond motifs is 3. The van der Waals surface area contributed by atoms with Crippen molar-refractivity contribution < 1.29 is 4.79 Å². The molecule has 0 unspecified atom stereocenters. The second kappa shape index (κ2) is 8.42. The molecule has 0 aliphatic heterocycles. The molecule has 1 amide bonds. The molecule has 0 radical (unpaired) electrons. The Labute approximate surface area is 200 Å². The van der Waals surface area contributed by atoms with Crippen molar-refractivity contribution in [3.63, 3.8) is 0 Å².